The molecule has 0 saturated carbocycles. The first kappa shape index (κ1) is 22.0. The zero-order valence-corrected chi connectivity index (χ0v) is 19.7. The normalized spacial score (nSPS) is 23.4. The molecule has 9 heteroatoms. The van der Waals surface area contributed by atoms with Crippen LogP contribution in [0.15, 0.2) is 72.8 Å². The SMILES string of the molecule is COc1ccccc1-c1nc(NC(=O)[C@@]2(C)CC3([N+](=O)[O-])c4ccccc4C2c2ccccc23)n[nH]1. The van der Waals surface area contributed by atoms with Gasteiger partial charge in [0.15, 0.2) is 5.82 Å². The molecule has 3 aliphatic rings. The van der Waals surface area contributed by atoms with E-state index in [9.17, 15) is 14.9 Å². The van der Waals surface area contributed by atoms with Crippen molar-refractivity contribution in [2.24, 2.45) is 5.41 Å². The molecule has 1 aromatic heterocycles. The van der Waals surface area contributed by atoms with Crippen molar-refractivity contribution in [3.05, 3.63) is 105 Å². The molecule has 4 aromatic rings. The van der Waals surface area contributed by atoms with Crippen molar-refractivity contribution in [1.29, 1.82) is 0 Å². The molecule has 1 amide bonds. The Kier molecular flexibility index (Phi) is 4.72. The minimum atomic E-state index is -1.52. The van der Waals surface area contributed by atoms with Gasteiger partial charge in [0, 0.05) is 28.4 Å². The average Bonchev–Trinajstić information content (AvgIpc) is 3.36. The summed E-state index contributed by atoms with van der Waals surface area (Å²) in [5.74, 6) is 0.438. The molecule has 0 radical (unpaired) electrons. The molecule has 180 valence electrons. The third-order valence-electron chi connectivity index (χ3n) is 7.60. The van der Waals surface area contributed by atoms with Crippen LogP contribution in [0.5, 0.6) is 5.75 Å². The lowest BCUT2D eigenvalue weighted by molar-refractivity contribution is -0.573. The van der Waals surface area contributed by atoms with Gasteiger partial charge in [-0.3, -0.25) is 25.3 Å². The van der Waals surface area contributed by atoms with Crippen LogP contribution in [0.2, 0.25) is 0 Å². The van der Waals surface area contributed by atoms with Gasteiger partial charge in [-0.05, 0) is 30.2 Å². The molecule has 0 unspecified atom stereocenters. The molecule has 2 bridgehead atoms. The summed E-state index contributed by atoms with van der Waals surface area (Å²) >= 11 is 0. The third-order valence-corrected chi connectivity index (χ3v) is 7.60. The van der Waals surface area contributed by atoms with Gasteiger partial charge in [0.1, 0.15) is 5.75 Å². The van der Waals surface area contributed by atoms with E-state index in [-0.39, 0.29) is 29.1 Å². The van der Waals surface area contributed by atoms with Gasteiger partial charge in [0.2, 0.25) is 11.9 Å². The van der Waals surface area contributed by atoms with Crippen LogP contribution in [0.1, 0.15) is 41.5 Å². The van der Waals surface area contributed by atoms with E-state index in [0.29, 0.717) is 28.3 Å². The highest BCUT2D eigenvalue weighted by molar-refractivity contribution is 5.96. The Hall–Kier alpha value is -4.53. The van der Waals surface area contributed by atoms with Crippen LogP contribution in [0, 0.1) is 15.5 Å². The predicted octanol–water partition coefficient (Wildman–Crippen LogP) is 4.49. The molecular weight excluding hydrogens is 458 g/mol. The van der Waals surface area contributed by atoms with E-state index in [1.807, 2.05) is 72.8 Å². The van der Waals surface area contributed by atoms with Crippen LogP contribution < -0.4 is 10.1 Å². The largest absolute Gasteiger partial charge is 0.496 e. The smallest absolute Gasteiger partial charge is 0.273 e. The van der Waals surface area contributed by atoms with Gasteiger partial charge in [-0.1, -0.05) is 60.7 Å². The maximum absolute atomic E-state index is 13.9. The minimum Gasteiger partial charge on any atom is -0.496 e. The maximum atomic E-state index is 13.9. The van der Waals surface area contributed by atoms with E-state index >= 15 is 0 Å². The highest BCUT2D eigenvalue weighted by Gasteiger charge is 2.67. The Bertz CT molecular complexity index is 1480. The van der Waals surface area contributed by atoms with Crippen molar-refractivity contribution in [2.75, 3.05) is 12.4 Å². The number of aromatic nitrogens is 3. The van der Waals surface area contributed by atoms with E-state index in [0.717, 1.165) is 11.1 Å². The summed E-state index contributed by atoms with van der Waals surface area (Å²) in [6.45, 7) is 1.80. The van der Waals surface area contributed by atoms with Crippen molar-refractivity contribution in [3.8, 4) is 17.1 Å². The number of fused-ring (bicyclic) bond motifs is 1. The molecule has 3 aromatic carbocycles. The van der Waals surface area contributed by atoms with Gasteiger partial charge in [-0.2, -0.15) is 4.98 Å². The van der Waals surface area contributed by atoms with Crippen molar-refractivity contribution in [1.82, 2.24) is 15.2 Å². The lowest BCUT2D eigenvalue weighted by atomic mass is 9.49. The second-order valence-corrected chi connectivity index (χ2v) is 9.48. The number of H-pyrrole nitrogens is 1. The van der Waals surface area contributed by atoms with Gasteiger partial charge in [-0.25, -0.2) is 0 Å². The molecule has 1 atom stereocenters. The third kappa shape index (κ3) is 2.85. The second-order valence-electron chi connectivity index (χ2n) is 9.48. The molecule has 2 N–H and O–H groups in total. The standard InChI is InChI=1S/C27H23N5O4/c1-26(24(33)29-25-28-23(30-31-25)18-11-5-8-14-21(18)36-2)15-27(32(34)35)19-12-6-3-9-16(19)22(26)17-10-4-7-13-20(17)27/h3-14,22H,15H2,1-2H3,(H2,28,29,30,31,33)/t22?,26-,27?/m0/s1. The Morgan fingerprint density at radius 2 is 1.67 bits per heavy atom. The van der Waals surface area contributed by atoms with Crippen LogP contribution in [0.25, 0.3) is 11.4 Å². The van der Waals surface area contributed by atoms with E-state index < -0.39 is 11.0 Å². The first-order valence-electron chi connectivity index (χ1n) is 11.6. The summed E-state index contributed by atoms with van der Waals surface area (Å²) in [4.78, 5) is 30.9. The van der Waals surface area contributed by atoms with Crippen molar-refractivity contribution in [2.45, 2.75) is 24.8 Å². The van der Waals surface area contributed by atoms with Crippen LogP contribution >= 0.6 is 0 Å². The van der Waals surface area contributed by atoms with Crippen LogP contribution in [0.3, 0.4) is 0 Å². The van der Waals surface area contributed by atoms with E-state index in [1.54, 1.807) is 14.0 Å². The van der Waals surface area contributed by atoms with Crippen LogP contribution in [0.4, 0.5) is 5.95 Å². The second kappa shape index (κ2) is 7.74. The number of aromatic amines is 1. The number of carbonyl (C=O) groups is 1. The van der Waals surface area contributed by atoms with Gasteiger partial charge in [0.25, 0.3) is 5.54 Å². The van der Waals surface area contributed by atoms with Crippen LogP contribution in [-0.4, -0.2) is 33.1 Å². The van der Waals surface area contributed by atoms with Crippen molar-refractivity contribution < 1.29 is 14.5 Å². The molecule has 3 aliphatic carbocycles. The quantitative estimate of drug-likeness (QED) is 0.320. The van der Waals surface area contributed by atoms with Gasteiger partial charge in [0.05, 0.1) is 18.1 Å². The Morgan fingerprint density at radius 3 is 2.31 bits per heavy atom. The minimum absolute atomic E-state index is 0.0291. The highest BCUT2D eigenvalue weighted by atomic mass is 16.6. The van der Waals surface area contributed by atoms with Gasteiger partial charge in [-0.15, -0.1) is 5.10 Å². The molecular formula is C27H23N5O4. The number of carbonyl (C=O) groups excluding carboxylic acids is 1. The Morgan fingerprint density at radius 1 is 1.06 bits per heavy atom. The molecule has 0 aliphatic heterocycles. The summed E-state index contributed by atoms with van der Waals surface area (Å²) in [7, 11) is 1.57. The number of nitrogens with one attached hydrogen (secondary N) is 2. The number of hydrogen-bond acceptors (Lipinski definition) is 6. The zero-order chi connectivity index (χ0) is 25.1. The summed E-state index contributed by atoms with van der Waals surface area (Å²) in [5.41, 5.74) is 0.992. The lowest BCUT2D eigenvalue weighted by Crippen LogP contribution is -2.57. The molecule has 9 nitrogen and oxygen atoms in total. The number of nitro groups is 1. The maximum Gasteiger partial charge on any atom is 0.273 e. The highest BCUT2D eigenvalue weighted by Crippen LogP contribution is 2.63. The first-order valence-corrected chi connectivity index (χ1v) is 11.6. The number of ether oxygens (including phenoxy) is 1. The van der Waals surface area contributed by atoms with E-state index in [2.05, 4.69) is 20.5 Å². The van der Waals surface area contributed by atoms with E-state index in [4.69, 9.17) is 4.74 Å². The molecule has 0 saturated heterocycles. The average molecular weight is 482 g/mol. The number of amides is 1. The number of rotatable bonds is 5. The lowest BCUT2D eigenvalue weighted by Gasteiger charge is -2.52. The number of methoxy groups -OCH3 is 1. The monoisotopic (exact) mass is 481 g/mol. The van der Waals surface area contributed by atoms with Crippen molar-refractivity contribution in [3.63, 3.8) is 0 Å². The van der Waals surface area contributed by atoms with Gasteiger partial charge < -0.3 is 4.74 Å². The predicted molar refractivity (Wildman–Crippen MR) is 132 cm³/mol. The number of nitrogens with zero attached hydrogens (tertiary/aromatic N) is 3. The topological polar surface area (TPSA) is 123 Å². The number of hydrogen-bond donors (Lipinski definition) is 2. The fraction of sp³-hybridized carbons (Fsp3) is 0.222. The summed E-state index contributed by atoms with van der Waals surface area (Å²) < 4.78 is 5.40. The zero-order valence-electron chi connectivity index (χ0n) is 19.7. The fourth-order valence-corrected chi connectivity index (χ4v) is 6.07. The fourth-order valence-electron chi connectivity index (χ4n) is 6.07. The summed E-state index contributed by atoms with van der Waals surface area (Å²) in [6, 6.07) is 22.1. The number of benzene rings is 3. The number of anilines is 1. The molecule has 7 rings (SSSR count). The first-order chi connectivity index (χ1) is 17.4. The summed E-state index contributed by atoms with van der Waals surface area (Å²) in [5, 5.41) is 22.6. The molecule has 0 spiro atoms. The molecule has 0 fully saturated rings. The Balaban J connectivity index is 1.42. The van der Waals surface area contributed by atoms with Crippen molar-refractivity contribution >= 4 is 11.9 Å². The molecule has 36 heavy (non-hydrogen) atoms. The van der Waals surface area contributed by atoms with Crippen LogP contribution in [-0.2, 0) is 10.3 Å². The van der Waals surface area contributed by atoms with Gasteiger partial charge >= 0.3 is 0 Å². The van der Waals surface area contributed by atoms with E-state index in [1.165, 1.54) is 0 Å². The summed E-state index contributed by atoms with van der Waals surface area (Å²) in [6.07, 6.45) is 0.0291. The Labute approximate surface area is 206 Å². The number of para-hydroxylation sites is 1. The molecule has 1 heterocycles.